The molecule has 4 heteroatoms. The van der Waals surface area contributed by atoms with Crippen molar-refractivity contribution in [2.24, 2.45) is 0 Å². The average Bonchev–Trinajstić information content (AvgIpc) is 2.77. The van der Waals surface area contributed by atoms with Gasteiger partial charge in [0.15, 0.2) is 5.82 Å². The van der Waals surface area contributed by atoms with Crippen molar-refractivity contribution < 1.29 is 8.78 Å². The topological polar surface area (TPSA) is 0 Å². The van der Waals surface area contributed by atoms with Gasteiger partial charge in [0.05, 0.1) is 13.0 Å². The van der Waals surface area contributed by atoms with Crippen molar-refractivity contribution >= 4 is 54.1 Å². The van der Waals surface area contributed by atoms with Crippen LogP contribution in [0.3, 0.4) is 0 Å². The van der Waals surface area contributed by atoms with Crippen molar-refractivity contribution in [2.45, 2.75) is 13.3 Å². The zero-order chi connectivity index (χ0) is 14.4. The second-order valence-corrected chi connectivity index (χ2v) is 7.07. The summed E-state index contributed by atoms with van der Waals surface area (Å²) < 4.78 is 30.3. The molecule has 0 unspecified atom stereocenters. The van der Waals surface area contributed by atoms with Crippen molar-refractivity contribution in [3.05, 3.63) is 57.2 Å². The van der Waals surface area contributed by atoms with E-state index < -0.39 is 0 Å². The molecular formula is C16H11F2IS. The van der Waals surface area contributed by atoms with E-state index in [2.05, 4.69) is 6.58 Å². The molecule has 0 fully saturated rings. The summed E-state index contributed by atoms with van der Waals surface area (Å²) in [4.78, 5) is 0. The first-order valence-corrected chi connectivity index (χ1v) is 8.00. The van der Waals surface area contributed by atoms with Crippen LogP contribution in [0.2, 0.25) is 0 Å². The lowest BCUT2D eigenvalue weighted by atomic mass is 10.0. The summed E-state index contributed by atoms with van der Waals surface area (Å²) >= 11 is 3.14. The number of thiophene rings is 1. The fraction of sp³-hybridized carbons (Fsp3) is 0.125. The van der Waals surface area contributed by atoms with Crippen molar-refractivity contribution in [1.29, 1.82) is 0 Å². The van der Waals surface area contributed by atoms with Gasteiger partial charge < -0.3 is 0 Å². The first-order chi connectivity index (χ1) is 9.49. The van der Waals surface area contributed by atoms with Gasteiger partial charge in [-0.15, -0.1) is 11.3 Å². The minimum Gasteiger partial charge on any atom is -0.205 e. The Kier molecular flexibility index (Phi) is 3.54. The van der Waals surface area contributed by atoms with Gasteiger partial charge in [-0.05, 0) is 47.6 Å². The Bertz CT molecular complexity index is 849. The Hall–Kier alpha value is -1.01. The number of allylic oxidation sites excluding steroid dienone is 1. The maximum absolute atomic E-state index is 14.5. The van der Waals surface area contributed by atoms with Crippen LogP contribution >= 0.6 is 33.9 Å². The minimum atomic E-state index is -0.259. The van der Waals surface area contributed by atoms with E-state index in [1.807, 2.05) is 41.6 Å². The molecule has 2 aromatic carbocycles. The quantitative estimate of drug-likeness (QED) is 0.363. The number of hydrogen-bond donors (Lipinski definition) is 0. The molecule has 0 radical (unpaired) electrons. The molecule has 0 N–H and O–H groups in total. The maximum Gasteiger partial charge on any atom is 0.154 e. The molecule has 0 aliphatic heterocycles. The normalized spacial score (nSPS) is 11.4. The third kappa shape index (κ3) is 2.15. The molecule has 20 heavy (non-hydrogen) atoms. The van der Waals surface area contributed by atoms with Crippen LogP contribution in [0, 0.1) is 15.2 Å². The lowest BCUT2D eigenvalue weighted by Crippen LogP contribution is -1.90. The SMILES string of the molecule is C=C(C)Cc1ccc2c(sc3c(F)c(I)ccc32)c1F. The highest BCUT2D eigenvalue weighted by molar-refractivity contribution is 14.1. The summed E-state index contributed by atoms with van der Waals surface area (Å²) in [5.74, 6) is -0.508. The number of hydrogen-bond acceptors (Lipinski definition) is 1. The highest BCUT2D eigenvalue weighted by Gasteiger charge is 2.16. The second kappa shape index (κ2) is 5.07. The van der Waals surface area contributed by atoms with Crippen LogP contribution < -0.4 is 0 Å². The number of fused-ring (bicyclic) bond motifs is 3. The van der Waals surface area contributed by atoms with Gasteiger partial charge in [0.1, 0.15) is 5.82 Å². The highest BCUT2D eigenvalue weighted by Crippen LogP contribution is 2.39. The second-order valence-electron chi connectivity index (χ2n) is 4.89. The van der Waals surface area contributed by atoms with Gasteiger partial charge in [-0.1, -0.05) is 30.4 Å². The lowest BCUT2D eigenvalue weighted by molar-refractivity contribution is 0.627. The van der Waals surface area contributed by atoms with Gasteiger partial charge in [-0.3, -0.25) is 0 Å². The fourth-order valence-electron chi connectivity index (χ4n) is 2.32. The summed E-state index contributed by atoms with van der Waals surface area (Å²) in [6.45, 7) is 5.69. The monoisotopic (exact) mass is 400 g/mol. The van der Waals surface area contributed by atoms with Crippen LogP contribution in [-0.4, -0.2) is 0 Å². The van der Waals surface area contributed by atoms with Crippen molar-refractivity contribution in [1.82, 2.24) is 0 Å². The first kappa shape index (κ1) is 13.9. The molecule has 0 spiro atoms. The molecule has 102 valence electrons. The molecule has 0 nitrogen and oxygen atoms in total. The van der Waals surface area contributed by atoms with Gasteiger partial charge in [0, 0.05) is 10.8 Å². The van der Waals surface area contributed by atoms with E-state index >= 15 is 0 Å². The molecule has 3 aromatic rings. The fourth-order valence-corrected chi connectivity index (χ4v) is 4.15. The highest BCUT2D eigenvalue weighted by atomic mass is 127. The van der Waals surface area contributed by atoms with Gasteiger partial charge >= 0.3 is 0 Å². The molecule has 0 aliphatic carbocycles. The predicted molar refractivity (Wildman–Crippen MR) is 90.5 cm³/mol. The molecular weight excluding hydrogens is 389 g/mol. The molecule has 0 atom stereocenters. The number of benzene rings is 2. The number of rotatable bonds is 2. The van der Waals surface area contributed by atoms with Crippen LogP contribution in [0.5, 0.6) is 0 Å². The Labute approximate surface area is 133 Å². The molecule has 1 aromatic heterocycles. The molecule has 0 bridgehead atoms. The summed E-state index contributed by atoms with van der Waals surface area (Å²) in [6.07, 6.45) is 0.510. The summed E-state index contributed by atoms with van der Waals surface area (Å²) in [7, 11) is 0. The molecule has 0 amide bonds. The summed E-state index contributed by atoms with van der Waals surface area (Å²) in [5.41, 5.74) is 1.52. The first-order valence-electron chi connectivity index (χ1n) is 6.11. The lowest BCUT2D eigenvalue weighted by Gasteiger charge is -2.03. The third-order valence-corrected chi connectivity index (χ3v) is 5.25. The van der Waals surface area contributed by atoms with Crippen LogP contribution in [0.15, 0.2) is 36.4 Å². The Balaban J connectivity index is 2.36. The van der Waals surface area contributed by atoms with Gasteiger partial charge in [0.25, 0.3) is 0 Å². The molecule has 1 heterocycles. The van der Waals surface area contributed by atoms with Gasteiger partial charge in [-0.2, -0.15) is 0 Å². The van der Waals surface area contributed by atoms with Crippen LogP contribution in [0.25, 0.3) is 20.2 Å². The zero-order valence-electron chi connectivity index (χ0n) is 10.8. The standard InChI is InChI=1S/C16H11F2IS/c1-8(2)7-9-3-4-10-11-5-6-12(19)14(18)16(11)20-15(10)13(9)17/h3-6H,1,7H2,2H3. The van der Waals surface area contributed by atoms with Crippen molar-refractivity contribution in [3.8, 4) is 0 Å². The van der Waals surface area contributed by atoms with Gasteiger partial charge in [-0.25, -0.2) is 8.78 Å². The number of halogens is 3. The van der Waals surface area contributed by atoms with E-state index in [1.165, 1.54) is 11.3 Å². The van der Waals surface area contributed by atoms with Crippen LogP contribution in [-0.2, 0) is 6.42 Å². The van der Waals surface area contributed by atoms with Crippen LogP contribution in [0.1, 0.15) is 12.5 Å². The molecule has 0 saturated heterocycles. The largest absolute Gasteiger partial charge is 0.205 e. The van der Waals surface area contributed by atoms with Crippen molar-refractivity contribution in [3.63, 3.8) is 0 Å². The predicted octanol–water partition coefficient (Wildman–Crippen LogP) is 6.06. The van der Waals surface area contributed by atoms with Crippen LogP contribution in [0.4, 0.5) is 8.78 Å². The molecule has 0 aliphatic rings. The minimum absolute atomic E-state index is 0.249. The third-order valence-electron chi connectivity index (χ3n) is 3.21. The average molecular weight is 400 g/mol. The van der Waals surface area contributed by atoms with E-state index in [1.54, 1.807) is 12.1 Å². The van der Waals surface area contributed by atoms with E-state index in [4.69, 9.17) is 0 Å². The Morgan fingerprint density at radius 1 is 1.10 bits per heavy atom. The van der Waals surface area contributed by atoms with E-state index in [0.29, 0.717) is 25.0 Å². The van der Waals surface area contributed by atoms with E-state index in [-0.39, 0.29) is 11.6 Å². The van der Waals surface area contributed by atoms with Crippen molar-refractivity contribution in [2.75, 3.05) is 0 Å². The maximum atomic E-state index is 14.5. The van der Waals surface area contributed by atoms with E-state index in [0.717, 1.165) is 16.3 Å². The van der Waals surface area contributed by atoms with E-state index in [9.17, 15) is 8.78 Å². The molecule has 0 saturated carbocycles. The van der Waals surface area contributed by atoms with Gasteiger partial charge in [0.2, 0.25) is 0 Å². The summed E-state index contributed by atoms with van der Waals surface area (Å²) in [6, 6.07) is 7.23. The Morgan fingerprint density at radius 2 is 1.70 bits per heavy atom. The summed E-state index contributed by atoms with van der Waals surface area (Å²) in [5, 5.41) is 1.56. The zero-order valence-corrected chi connectivity index (χ0v) is 13.7. The smallest absolute Gasteiger partial charge is 0.154 e. The molecule has 3 rings (SSSR count). The Morgan fingerprint density at radius 3 is 2.35 bits per heavy atom.